The Bertz CT molecular complexity index is 1100. The monoisotopic (exact) mass is 347 g/mol. The maximum absolute atomic E-state index is 12.3. The summed E-state index contributed by atoms with van der Waals surface area (Å²) in [6.07, 6.45) is 2.81. The first kappa shape index (κ1) is 15.5. The van der Waals surface area contributed by atoms with E-state index in [4.69, 9.17) is 9.15 Å². The van der Waals surface area contributed by atoms with E-state index in [1.807, 2.05) is 6.92 Å². The molecule has 2 aromatic carbocycles. The lowest BCUT2D eigenvalue weighted by Gasteiger charge is -2.32. The standard InChI is InChI=1S/C22H21NO3/c1-13-5-3-6-16(9-13)23-11-15-10-19-17-7-4-8-18(17)22(24)26-21(19)14(2)20(15)25-12-23/h3,5-6,9-10H,4,7-8,11-12H2,1-2H3. The van der Waals surface area contributed by atoms with E-state index in [1.54, 1.807) is 0 Å². The maximum Gasteiger partial charge on any atom is 0.339 e. The van der Waals surface area contributed by atoms with Crippen LogP contribution < -0.4 is 15.3 Å². The van der Waals surface area contributed by atoms with E-state index >= 15 is 0 Å². The van der Waals surface area contributed by atoms with Gasteiger partial charge in [0.05, 0.1) is 0 Å². The van der Waals surface area contributed by atoms with Gasteiger partial charge in [-0.15, -0.1) is 0 Å². The van der Waals surface area contributed by atoms with Crippen molar-refractivity contribution in [3.05, 3.63) is 68.6 Å². The summed E-state index contributed by atoms with van der Waals surface area (Å²) < 4.78 is 11.8. The zero-order valence-corrected chi connectivity index (χ0v) is 15.1. The zero-order valence-electron chi connectivity index (χ0n) is 15.1. The third-order valence-electron chi connectivity index (χ3n) is 5.61. The third kappa shape index (κ3) is 2.25. The minimum Gasteiger partial charge on any atom is -0.472 e. The molecular formula is C22H21NO3. The van der Waals surface area contributed by atoms with E-state index in [0.29, 0.717) is 12.3 Å². The molecule has 0 radical (unpaired) electrons. The van der Waals surface area contributed by atoms with Crippen LogP contribution in [0.3, 0.4) is 0 Å². The molecule has 0 fully saturated rings. The van der Waals surface area contributed by atoms with Gasteiger partial charge >= 0.3 is 5.63 Å². The molecule has 3 aromatic rings. The fourth-order valence-electron chi connectivity index (χ4n) is 4.33. The van der Waals surface area contributed by atoms with E-state index in [1.165, 1.54) is 16.8 Å². The number of benzene rings is 2. The average Bonchev–Trinajstić information content (AvgIpc) is 3.13. The van der Waals surface area contributed by atoms with Gasteiger partial charge in [0.25, 0.3) is 0 Å². The van der Waals surface area contributed by atoms with Crippen molar-refractivity contribution in [2.45, 2.75) is 39.7 Å². The van der Waals surface area contributed by atoms with Crippen molar-refractivity contribution in [1.29, 1.82) is 0 Å². The smallest absolute Gasteiger partial charge is 0.339 e. The molecule has 2 aliphatic rings. The highest BCUT2D eigenvalue weighted by atomic mass is 16.5. The highest BCUT2D eigenvalue weighted by Crippen LogP contribution is 2.38. The third-order valence-corrected chi connectivity index (χ3v) is 5.61. The summed E-state index contributed by atoms with van der Waals surface area (Å²) in [7, 11) is 0. The van der Waals surface area contributed by atoms with Crippen LogP contribution in [-0.2, 0) is 19.4 Å². The van der Waals surface area contributed by atoms with E-state index in [-0.39, 0.29) is 5.63 Å². The molecule has 132 valence electrons. The first-order valence-electron chi connectivity index (χ1n) is 9.17. The second-order valence-electron chi connectivity index (χ2n) is 7.38. The van der Waals surface area contributed by atoms with Crippen LogP contribution in [0.5, 0.6) is 5.75 Å². The number of rotatable bonds is 1. The number of fused-ring (bicyclic) bond motifs is 4. The van der Waals surface area contributed by atoms with Crippen molar-refractivity contribution in [3.8, 4) is 5.75 Å². The summed E-state index contributed by atoms with van der Waals surface area (Å²) in [4.78, 5) is 14.5. The fraction of sp³-hybridized carbons (Fsp3) is 0.318. The Balaban J connectivity index is 1.65. The molecule has 1 aliphatic heterocycles. The molecule has 0 amide bonds. The van der Waals surface area contributed by atoms with Crippen LogP contribution in [0.2, 0.25) is 0 Å². The van der Waals surface area contributed by atoms with Crippen molar-refractivity contribution < 1.29 is 9.15 Å². The Hall–Kier alpha value is -2.75. The van der Waals surface area contributed by atoms with Crippen molar-refractivity contribution >= 4 is 16.7 Å². The van der Waals surface area contributed by atoms with Crippen LogP contribution in [0.4, 0.5) is 5.69 Å². The molecule has 1 aromatic heterocycles. The van der Waals surface area contributed by atoms with Crippen LogP contribution >= 0.6 is 0 Å². The molecule has 0 N–H and O–H groups in total. The normalized spacial score (nSPS) is 15.7. The van der Waals surface area contributed by atoms with Gasteiger partial charge in [0.1, 0.15) is 11.3 Å². The highest BCUT2D eigenvalue weighted by Gasteiger charge is 2.26. The molecule has 0 unspecified atom stereocenters. The lowest BCUT2D eigenvalue weighted by atomic mass is 9.99. The predicted molar refractivity (Wildman–Crippen MR) is 102 cm³/mol. The quantitative estimate of drug-likeness (QED) is 0.617. The summed E-state index contributed by atoms with van der Waals surface area (Å²) in [5.74, 6) is 0.863. The van der Waals surface area contributed by atoms with Crippen LogP contribution in [0, 0.1) is 13.8 Å². The highest BCUT2D eigenvalue weighted by molar-refractivity contribution is 5.87. The van der Waals surface area contributed by atoms with Crippen LogP contribution in [0.25, 0.3) is 11.0 Å². The van der Waals surface area contributed by atoms with Crippen LogP contribution in [0.1, 0.15) is 34.2 Å². The Morgan fingerprint density at radius 2 is 1.92 bits per heavy atom. The zero-order chi connectivity index (χ0) is 17.8. The summed E-state index contributed by atoms with van der Waals surface area (Å²) >= 11 is 0. The van der Waals surface area contributed by atoms with Gasteiger partial charge in [0.15, 0.2) is 6.73 Å². The van der Waals surface area contributed by atoms with Gasteiger partial charge in [0, 0.05) is 34.3 Å². The molecular weight excluding hydrogens is 326 g/mol. The topological polar surface area (TPSA) is 42.7 Å². The average molecular weight is 347 g/mol. The molecule has 0 spiro atoms. The van der Waals surface area contributed by atoms with Crippen molar-refractivity contribution in [2.75, 3.05) is 11.6 Å². The molecule has 0 saturated heterocycles. The Morgan fingerprint density at radius 1 is 1.08 bits per heavy atom. The first-order valence-corrected chi connectivity index (χ1v) is 9.17. The van der Waals surface area contributed by atoms with E-state index in [0.717, 1.165) is 53.6 Å². The molecule has 0 saturated carbocycles. The minimum absolute atomic E-state index is 0.176. The lowest BCUT2D eigenvalue weighted by Crippen LogP contribution is -2.32. The van der Waals surface area contributed by atoms with Crippen LogP contribution in [0.15, 0.2) is 39.5 Å². The predicted octanol–water partition coefficient (Wildman–Crippen LogP) is 4.26. The number of hydrogen-bond acceptors (Lipinski definition) is 4. The summed E-state index contributed by atoms with van der Waals surface area (Å²) in [6, 6.07) is 10.6. The maximum atomic E-state index is 12.3. The number of anilines is 1. The van der Waals surface area contributed by atoms with Gasteiger partial charge in [-0.2, -0.15) is 0 Å². The molecule has 5 rings (SSSR count). The van der Waals surface area contributed by atoms with Crippen molar-refractivity contribution in [1.82, 2.24) is 0 Å². The van der Waals surface area contributed by atoms with Gasteiger partial charge in [-0.1, -0.05) is 12.1 Å². The van der Waals surface area contributed by atoms with E-state index in [9.17, 15) is 4.79 Å². The SMILES string of the molecule is Cc1cccc(N2COc3c(cc4c5c(c(=O)oc4c3C)CCC5)C2)c1. The Labute approximate surface area is 152 Å². The molecule has 1 aliphatic carbocycles. The summed E-state index contributed by atoms with van der Waals surface area (Å²) in [5.41, 5.74) is 7.06. The number of ether oxygens (including phenoxy) is 1. The molecule has 4 nitrogen and oxygen atoms in total. The van der Waals surface area contributed by atoms with Gasteiger partial charge in [-0.25, -0.2) is 4.79 Å². The Kier molecular flexibility index (Phi) is 3.36. The fourth-order valence-corrected chi connectivity index (χ4v) is 4.33. The number of nitrogens with zero attached hydrogens (tertiary/aromatic N) is 1. The second-order valence-corrected chi connectivity index (χ2v) is 7.38. The summed E-state index contributed by atoms with van der Waals surface area (Å²) in [6.45, 7) is 5.39. The van der Waals surface area contributed by atoms with Gasteiger partial charge in [0.2, 0.25) is 0 Å². The second kappa shape index (κ2) is 5.63. The van der Waals surface area contributed by atoms with E-state index < -0.39 is 0 Å². The van der Waals surface area contributed by atoms with E-state index in [2.05, 4.69) is 42.2 Å². The molecule has 0 bridgehead atoms. The lowest BCUT2D eigenvalue weighted by molar-refractivity contribution is 0.287. The number of aryl methyl sites for hydroxylation is 3. The minimum atomic E-state index is -0.176. The molecule has 26 heavy (non-hydrogen) atoms. The van der Waals surface area contributed by atoms with Crippen molar-refractivity contribution in [2.24, 2.45) is 0 Å². The number of hydrogen-bond donors (Lipinski definition) is 0. The largest absolute Gasteiger partial charge is 0.472 e. The summed E-state index contributed by atoms with van der Waals surface area (Å²) in [5, 5.41) is 1.09. The molecule has 0 atom stereocenters. The molecule has 4 heteroatoms. The Morgan fingerprint density at radius 3 is 2.77 bits per heavy atom. The molecule has 2 heterocycles. The first-order chi connectivity index (χ1) is 12.6. The van der Waals surface area contributed by atoms with Gasteiger partial charge in [-0.05, 0) is 62.4 Å². The van der Waals surface area contributed by atoms with Gasteiger partial charge in [-0.3, -0.25) is 0 Å². The van der Waals surface area contributed by atoms with Gasteiger partial charge < -0.3 is 14.1 Å². The van der Waals surface area contributed by atoms with Crippen LogP contribution in [-0.4, -0.2) is 6.73 Å². The van der Waals surface area contributed by atoms with Crippen molar-refractivity contribution in [3.63, 3.8) is 0 Å².